The summed E-state index contributed by atoms with van der Waals surface area (Å²) in [6.45, 7) is 24.0. The van der Waals surface area contributed by atoms with Gasteiger partial charge in [0.2, 0.25) is 5.91 Å². The number of aliphatic carboxylic acids is 1. The van der Waals surface area contributed by atoms with E-state index in [1.807, 2.05) is 51.1 Å². The van der Waals surface area contributed by atoms with Gasteiger partial charge in [-0.25, -0.2) is 4.79 Å². The molecule has 0 radical (unpaired) electrons. The zero-order chi connectivity index (χ0) is 62.6. The fourth-order valence-electron chi connectivity index (χ4n) is 5.53. The minimum Gasteiger partial charge on any atom is -0.479 e. The standard InChI is InChI=1S/C10H21NO4.C10H14O2.C9H21NO2.C9H20O4.C8H16O3.C5H11ClO2.C5H10O4/c1-4-9(2,3)8(15)11-10(5-12,6-13)7-14;1-11-8-10(12-2)9-6-4-3-5-7-9;1-5-10(6-2)7-9(12-4)8-11-3;1-5-12-9(13-6-2)8(11-4)7-10-3;1-4-5-11-7-8(10-3)6-9-2;1-7-4-5(3-6)8-2;1-8-3-4(9-2)5(6)7/h12-14H,4-7H2,1-3H3,(H,11,15);3-7,10H,8H2,1-2H3;9H,5-8H2,1-4H3;8-9H,5-7H2,1-4H3;4,8H,1,5-7H2,2-3H3;5H,3-4H2,1-2H3;4H,3H2,1-2H3,(H,6,7). The highest BCUT2D eigenvalue weighted by Crippen LogP contribution is 2.21. The Morgan fingerprint density at radius 1 is 0.625 bits per heavy atom. The van der Waals surface area contributed by atoms with Crippen molar-refractivity contribution in [1.82, 2.24) is 10.2 Å². The molecule has 6 atom stereocenters. The fourth-order valence-corrected chi connectivity index (χ4v) is 5.74. The summed E-state index contributed by atoms with van der Waals surface area (Å²) in [4.78, 5) is 24.2. The number of carboxylic acid groups (broad SMARTS) is 1. The molecule has 0 aliphatic carbocycles. The van der Waals surface area contributed by atoms with Gasteiger partial charge < -0.3 is 102 Å². The number of nitrogens with zero attached hydrogens (tertiary/aromatic N) is 1. The number of carbonyl (C=O) groups is 2. The van der Waals surface area contributed by atoms with E-state index in [1.165, 1.54) is 14.2 Å². The lowest BCUT2D eigenvalue weighted by atomic mass is 9.87. The summed E-state index contributed by atoms with van der Waals surface area (Å²) in [7, 11) is 19.3. The van der Waals surface area contributed by atoms with Crippen LogP contribution in [-0.4, -0.2) is 276 Å². The predicted molar refractivity (Wildman–Crippen MR) is 312 cm³/mol. The lowest BCUT2D eigenvalue weighted by molar-refractivity contribution is -0.206. The first kappa shape index (κ1) is 88.6. The van der Waals surface area contributed by atoms with Crippen LogP contribution in [0.5, 0.6) is 0 Å². The van der Waals surface area contributed by atoms with E-state index < -0.39 is 42.8 Å². The second-order valence-electron chi connectivity index (χ2n) is 17.5. The van der Waals surface area contributed by atoms with Gasteiger partial charge in [0, 0.05) is 110 Å². The Bertz CT molecular complexity index is 1410. The quantitative estimate of drug-likeness (QED) is 0.0256. The summed E-state index contributed by atoms with van der Waals surface area (Å²) < 4.78 is 75.3. The van der Waals surface area contributed by atoms with Crippen molar-refractivity contribution in [2.75, 3.05) is 197 Å². The number of methoxy groups -OCH3 is 12. The highest BCUT2D eigenvalue weighted by atomic mass is 35.5. The Labute approximate surface area is 487 Å². The Morgan fingerprint density at radius 2 is 1.09 bits per heavy atom. The molecular formula is C56H113ClN2O21. The fraction of sp³-hybridized carbons (Fsp3) is 0.821. The maximum absolute atomic E-state index is 11.7. The molecule has 0 saturated carbocycles. The van der Waals surface area contributed by atoms with E-state index in [0.29, 0.717) is 71.8 Å². The first-order valence-electron chi connectivity index (χ1n) is 26.5. The van der Waals surface area contributed by atoms with Crippen molar-refractivity contribution in [1.29, 1.82) is 0 Å². The predicted octanol–water partition coefficient (Wildman–Crippen LogP) is 4.78. The molecule has 0 aliphatic rings. The molecule has 0 aromatic heterocycles. The van der Waals surface area contributed by atoms with Crippen LogP contribution >= 0.6 is 11.6 Å². The normalized spacial score (nSPS) is 13.2. The van der Waals surface area contributed by atoms with E-state index in [4.69, 9.17) is 93.6 Å². The van der Waals surface area contributed by atoms with Crippen LogP contribution in [-0.2, 0) is 80.6 Å². The van der Waals surface area contributed by atoms with Gasteiger partial charge in [-0.2, -0.15) is 0 Å². The van der Waals surface area contributed by atoms with Crippen LogP contribution in [0.15, 0.2) is 43.0 Å². The van der Waals surface area contributed by atoms with E-state index in [2.05, 4.69) is 40.1 Å². The zero-order valence-electron chi connectivity index (χ0n) is 52.5. The van der Waals surface area contributed by atoms with Gasteiger partial charge >= 0.3 is 5.97 Å². The number of amides is 1. The highest BCUT2D eigenvalue weighted by molar-refractivity contribution is 6.18. The molecule has 1 aromatic carbocycles. The van der Waals surface area contributed by atoms with Crippen LogP contribution in [0.25, 0.3) is 0 Å². The number of alkyl halides is 1. The molecule has 80 heavy (non-hydrogen) atoms. The number of aliphatic hydroxyl groups is 3. The van der Waals surface area contributed by atoms with Gasteiger partial charge in [0.1, 0.15) is 23.9 Å². The van der Waals surface area contributed by atoms with E-state index >= 15 is 0 Å². The first-order chi connectivity index (χ1) is 38.2. The number of likely N-dealkylation sites (N-methyl/N-ethyl adjacent to an activating group) is 1. The number of hydrogen-bond acceptors (Lipinski definition) is 21. The summed E-state index contributed by atoms with van der Waals surface area (Å²) >= 11 is 5.44. The van der Waals surface area contributed by atoms with E-state index in [9.17, 15) is 9.59 Å². The molecule has 24 heteroatoms. The van der Waals surface area contributed by atoms with Crippen molar-refractivity contribution in [3.8, 4) is 0 Å². The number of aliphatic hydroxyl groups excluding tert-OH is 3. The van der Waals surface area contributed by atoms with Crippen LogP contribution in [0.3, 0.4) is 0 Å². The Hall–Kier alpha value is -2.57. The van der Waals surface area contributed by atoms with Gasteiger partial charge in [-0.05, 0) is 38.9 Å². The summed E-state index contributed by atoms with van der Waals surface area (Å²) in [5, 5.41) is 37.9. The Morgan fingerprint density at radius 3 is 1.40 bits per heavy atom. The minimum absolute atomic E-state index is 0.0277. The van der Waals surface area contributed by atoms with Crippen molar-refractivity contribution in [2.24, 2.45) is 5.41 Å². The Balaban J connectivity index is -0.000000201. The molecule has 0 bridgehead atoms. The summed E-state index contributed by atoms with van der Waals surface area (Å²) in [6, 6.07) is 10.1. The zero-order valence-corrected chi connectivity index (χ0v) is 53.3. The average Bonchev–Trinajstić information content (AvgIpc) is 3.47. The molecule has 0 fully saturated rings. The number of carbonyl (C=O) groups excluding carboxylic acids is 1. The van der Waals surface area contributed by atoms with Crippen molar-refractivity contribution in [3.05, 3.63) is 48.6 Å². The summed E-state index contributed by atoms with van der Waals surface area (Å²) in [5.41, 5.74) is -0.754. The number of rotatable bonds is 40. The molecule has 1 amide bonds. The van der Waals surface area contributed by atoms with Crippen LogP contribution < -0.4 is 5.32 Å². The molecule has 5 N–H and O–H groups in total. The third-order valence-corrected chi connectivity index (χ3v) is 11.5. The SMILES string of the molecule is C=CCOCC(COC)OC.CCC(C)(C)C(=O)NC(CO)(CO)CO.CCN(CC)CC(COC)OC.CCOC(OCC)C(COC)OC.COCC(CCl)OC.COCC(OC)C(=O)O.COCC(OC)c1ccccc1. The van der Waals surface area contributed by atoms with Crippen LogP contribution in [0.2, 0.25) is 0 Å². The highest BCUT2D eigenvalue weighted by Gasteiger charge is 2.35. The van der Waals surface area contributed by atoms with E-state index in [1.54, 1.807) is 91.0 Å². The molecule has 0 saturated heterocycles. The number of halogens is 1. The molecule has 0 spiro atoms. The van der Waals surface area contributed by atoms with Gasteiger partial charge in [-0.15, -0.1) is 18.2 Å². The molecule has 480 valence electrons. The number of benzene rings is 1. The molecule has 6 unspecified atom stereocenters. The van der Waals surface area contributed by atoms with Gasteiger partial charge in [0.15, 0.2) is 12.4 Å². The third-order valence-electron chi connectivity index (χ3n) is 11.2. The van der Waals surface area contributed by atoms with Gasteiger partial charge in [-0.3, -0.25) is 4.79 Å². The maximum Gasteiger partial charge on any atom is 0.335 e. The summed E-state index contributed by atoms with van der Waals surface area (Å²) in [5.74, 6) is -0.800. The van der Waals surface area contributed by atoms with Crippen LogP contribution in [0, 0.1) is 5.41 Å². The van der Waals surface area contributed by atoms with Gasteiger partial charge in [0.05, 0.1) is 90.8 Å². The number of hydrogen-bond donors (Lipinski definition) is 5. The van der Waals surface area contributed by atoms with E-state index in [0.717, 1.165) is 25.2 Å². The van der Waals surface area contributed by atoms with Crippen molar-refractivity contribution in [2.45, 2.75) is 103 Å². The van der Waals surface area contributed by atoms with Crippen molar-refractivity contribution in [3.63, 3.8) is 0 Å². The molecule has 1 aromatic rings. The first-order valence-corrected chi connectivity index (χ1v) is 27.0. The van der Waals surface area contributed by atoms with Crippen LogP contribution in [0.4, 0.5) is 0 Å². The molecule has 1 rings (SSSR count). The van der Waals surface area contributed by atoms with Crippen LogP contribution in [0.1, 0.15) is 66.6 Å². The molecule has 0 heterocycles. The largest absolute Gasteiger partial charge is 0.479 e. The monoisotopic (exact) mass is 1180 g/mol. The molecular weight excluding hydrogens is 1070 g/mol. The molecule has 0 aliphatic heterocycles. The third kappa shape index (κ3) is 50.0. The van der Waals surface area contributed by atoms with Gasteiger partial charge in [0.25, 0.3) is 0 Å². The molecule has 23 nitrogen and oxygen atoms in total. The average molecular weight is 1190 g/mol. The lowest BCUT2D eigenvalue weighted by Crippen LogP contribution is -2.59. The number of nitrogens with one attached hydrogen (secondary N) is 1. The van der Waals surface area contributed by atoms with Crippen molar-refractivity contribution < 1.29 is 101 Å². The number of ether oxygens (including phenoxy) is 15. The number of carboxylic acids is 1. The maximum atomic E-state index is 11.7. The second kappa shape index (κ2) is 64.0. The van der Waals surface area contributed by atoms with Crippen molar-refractivity contribution >= 4 is 23.5 Å². The van der Waals surface area contributed by atoms with E-state index in [-0.39, 0.29) is 49.3 Å². The Kier molecular flexibility index (Phi) is 70.9. The smallest absolute Gasteiger partial charge is 0.335 e. The lowest BCUT2D eigenvalue weighted by Gasteiger charge is -2.33. The second-order valence-corrected chi connectivity index (χ2v) is 17.8. The summed E-state index contributed by atoms with van der Waals surface area (Å²) in [6.07, 6.45) is 1.34. The van der Waals surface area contributed by atoms with Gasteiger partial charge in [-0.1, -0.05) is 71.0 Å². The topological polar surface area (TPSA) is 269 Å². The minimum atomic E-state index is -1.33.